The lowest BCUT2D eigenvalue weighted by atomic mass is 9.70. The van der Waals surface area contributed by atoms with Crippen LogP contribution in [0.25, 0.3) is 11.1 Å². The third-order valence-corrected chi connectivity index (χ3v) is 4.13. The van der Waals surface area contributed by atoms with E-state index in [1.54, 1.807) is 0 Å². The lowest BCUT2D eigenvalue weighted by Gasteiger charge is -2.23. The van der Waals surface area contributed by atoms with Gasteiger partial charge in [0, 0.05) is 37.2 Å². The van der Waals surface area contributed by atoms with Gasteiger partial charge >= 0.3 is 0 Å². The van der Waals surface area contributed by atoms with Crippen LogP contribution < -0.4 is 4.90 Å². The molecule has 3 heterocycles. The lowest BCUT2D eigenvalue weighted by molar-refractivity contribution is 0.687. The Bertz CT molecular complexity index is 610. The summed E-state index contributed by atoms with van der Waals surface area (Å²) in [5.41, 5.74) is 3.64. The second-order valence-corrected chi connectivity index (χ2v) is 6.38. The van der Waals surface area contributed by atoms with Crippen molar-refractivity contribution in [3.63, 3.8) is 0 Å². The highest BCUT2D eigenvalue weighted by Crippen LogP contribution is 2.37. The van der Waals surface area contributed by atoms with Crippen molar-refractivity contribution in [2.24, 2.45) is 0 Å². The fraction of sp³-hybridized carbons (Fsp3) is 0.375. The molecule has 2 aromatic heterocycles. The molecule has 20 heavy (non-hydrogen) atoms. The first-order chi connectivity index (χ1) is 9.57. The monoisotopic (exact) mass is 265 g/mol. The van der Waals surface area contributed by atoms with E-state index in [0.717, 1.165) is 24.5 Å². The number of anilines is 1. The molecular weight excluding hydrogens is 245 g/mol. The minimum absolute atomic E-state index is 0.387. The quantitative estimate of drug-likeness (QED) is 0.781. The number of hydrogen-bond acceptors (Lipinski definition) is 3. The molecule has 0 aliphatic carbocycles. The van der Waals surface area contributed by atoms with Crippen LogP contribution in [0.3, 0.4) is 0 Å². The molecule has 0 amide bonds. The van der Waals surface area contributed by atoms with Gasteiger partial charge < -0.3 is 4.90 Å². The molecule has 102 valence electrons. The molecule has 0 saturated carbocycles. The summed E-state index contributed by atoms with van der Waals surface area (Å²) in [6, 6.07) is 6.16. The SMILES string of the molecule is BC1(C)CCN(c2nccc(-c3cccnc3)c2C)C1. The minimum Gasteiger partial charge on any atom is -0.357 e. The van der Waals surface area contributed by atoms with Crippen LogP contribution in [0.5, 0.6) is 0 Å². The molecule has 0 N–H and O–H groups in total. The zero-order valence-electron chi connectivity index (χ0n) is 12.4. The Balaban J connectivity index is 1.99. The summed E-state index contributed by atoms with van der Waals surface area (Å²) in [5, 5.41) is 0.387. The maximum atomic E-state index is 4.62. The Kier molecular flexibility index (Phi) is 3.24. The normalized spacial score (nSPS) is 22.2. The van der Waals surface area contributed by atoms with E-state index in [9.17, 15) is 0 Å². The molecule has 0 bridgehead atoms. The summed E-state index contributed by atoms with van der Waals surface area (Å²) in [4.78, 5) is 11.2. The summed E-state index contributed by atoms with van der Waals surface area (Å²) >= 11 is 0. The third kappa shape index (κ3) is 2.42. The van der Waals surface area contributed by atoms with E-state index in [0.29, 0.717) is 5.31 Å². The van der Waals surface area contributed by atoms with Gasteiger partial charge in [-0.2, -0.15) is 0 Å². The number of pyridine rings is 2. The van der Waals surface area contributed by atoms with E-state index in [2.05, 4.69) is 48.7 Å². The van der Waals surface area contributed by atoms with Crippen molar-refractivity contribution < 1.29 is 0 Å². The molecule has 2 aromatic rings. The summed E-state index contributed by atoms with van der Waals surface area (Å²) in [6.07, 6.45) is 6.87. The van der Waals surface area contributed by atoms with Crippen LogP contribution >= 0.6 is 0 Å². The van der Waals surface area contributed by atoms with Crippen molar-refractivity contribution in [2.45, 2.75) is 25.6 Å². The molecule has 4 heteroatoms. The standard InChI is InChI=1S/C16H20BN3/c1-12-14(13-4-3-7-18-10-13)5-8-19-15(12)20-9-6-16(2,17)11-20/h3-5,7-8,10H,6,9,11,17H2,1-2H3. The van der Waals surface area contributed by atoms with Crippen LogP contribution in [0.4, 0.5) is 5.82 Å². The van der Waals surface area contributed by atoms with Crippen LogP contribution in [0.1, 0.15) is 18.9 Å². The number of hydrogen-bond donors (Lipinski definition) is 0. The van der Waals surface area contributed by atoms with Crippen molar-refractivity contribution in [1.82, 2.24) is 9.97 Å². The first kappa shape index (κ1) is 13.2. The Morgan fingerprint density at radius 1 is 1.30 bits per heavy atom. The second-order valence-electron chi connectivity index (χ2n) is 6.38. The van der Waals surface area contributed by atoms with E-state index in [1.165, 1.54) is 17.5 Å². The summed E-state index contributed by atoms with van der Waals surface area (Å²) in [5.74, 6) is 1.12. The Morgan fingerprint density at radius 2 is 2.15 bits per heavy atom. The lowest BCUT2D eigenvalue weighted by Crippen LogP contribution is -2.23. The molecule has 0 aromatic carbocycles. The van der Waals surface area contributed by atoms with Gasteiger partial charge in [-0.1, -0.05) is 13.0 Å². The van der Waals surface area contributed by atoms with Gasteiger partial charge in [-0.15, -0.1) is 0 Å². The van der Waals surface area contributed by atoms with Crippen molar-refractivity contribution in [2.75, 3.05) is 18.0 Å². The summed E-state index contributed by atoms with van der Waals surface area (Å²) in [7, 11) is 2.33. The van der Waals surface area contributed by atoms with Gasteiger partial charge in [0.2, 0.25) is 0 Å². The van der Waals surface area contributed by atoms with Gasteiger partial charge in [0.1, 0.15) is 13.7 Å². The molecule has 0 radical (unpaired) electrons. The van der Waals surface area contributed by atoms with Crippen LogP contribution in [0, 0.1) is 6.92 Å². The van der Waals surface area contributed by atoms with Gasteiger partial charge in [-0.05, 0) is 41.9 Å². The summed E-state index contributed by atoms with van der Waals surface area (Å²) in [6.45, 7) is 6.66. The highest BCUT2D eigenvalue weighted by atomic mass is 15.2. The first-order valence-electron chi connectivity index (χ1n) is 7.18. The van der Waals surface area contributed by atoms with Crippen LogP contribution in [-0.2, 0) is 0 Å². The van der Waals surface area contributed by atoms with Gasteiger partial charge in [0.25, 0.3) is 0 Å². The maximum absolute atomic E-state index is 4.62. The van der Waals surface area contributed by atoms with Crippen LogP contribution in [0.15, 0.2) is 36.8 Å². The van der Waals surface area contributed by atoms with Crippen molar-refractivity contribution in [3.05, 3.63) is 42.4 Å². The highest BCUT2D eigenvalue weighted by molar-refractivity contribution is 6.15. The van der Waals surface area contributed by atoms with E-state index >= 15 is 0 Å². The van der Waals surface area contributed by atoms with Crippen molar-refractivity contribution in [3.8, 4) is 11.1 Å². The minimum atomic E-state index is 0.387. The largest absolute Gasteiger partial charge is 0.357 e. The molecule has 1 fully saturated rings. The van der Waals surface area contributed by atoms with Crippen LogP contribution in [-0.4, -0.2) is 30.9 Å². The van der Waals surface area contributed by atoms with Crippen LogP contribution in [0.2, 0.25) is 5.31 Å². The molecule has 3 rings (SSSR count). The second kappa shape index (κ2) is 4.93. The first-order valence-corrected chi connectivity index (χ1v) is 7.18. The Morgan fingerprint density at radius 3 is 2.80 bits per heavy atom. The third-order valence-electron chi connectivity index (χ3n) is 4.13. The van der Waals surface area contributed by atoms with E-state index < -0.39 is 0 Å². The maximum Gasteiger partial charge on any atom is 0.132 e. The van der Waals surface area contributed by atoms with E-state index in [-0.39, 0.29) is 0 Å². The summed E-state index contributed by atoms with van der Waals surface area (Å²) < 4.78 is 0. The average molecular weight is 265 g/mol. The topological polar surface area (TPSA) is 29.0 Å². The molecule has 3 nitrogen and oxygen atoms in total. The number of rotatable bonds is 2. The van der Waals surface area contributed by atoms with Gasteiger partial charge in [-0.25, -0.2) is 4.98 Å². The zero-order chi connectivity index (χ0) is 14.2. The average Bonchev–Trinajstić information content (AvgIpc) is 2.80. The van der Waals surface area contributed by atoms with Gasteiger partial charge in [0.05, 0.1) is 0 Å². The molecule has 0 spiro atoms. The van der Waals surface area contributed by atoms with E-state index in [1.807, 2.05) is 24.7 Å². The smallest absolute Gasteiger partial charge is 0.132 e. The molecule has 1 atom stereocenters. The molecule has 1 aliphatic rings. The van der Waals surface area contributed by atoms with Gasteiger partial charge in [0.15, 0.2) is 0 Å². The Labute approximate surface area is 121 Å². The Hall–Kier alpha value is -1.84. The fourth-order valence-corrected chi connectivity index (χ4v) is 2.97. The fourth-order valence-electron chi connectivity index (χ4n) is 2.97. The van der Waals surface area contributed by atoms with Crippen molar-refractivity contribution >= 4 is 13.7 Å². The van der Waals surface area contributed by atoms with E-state index in [4.69, 9.17) is 0 Å². The molecule has 1 saturated heterocycles. The number of nitrogens with zero attached hydrogens (tertiary/aromatic N) is 3. The molecular formula is C16H20BN3. The van der Waals surface area contributed by atoms with Gasteiger partial charge in [-0.3, -0.25) is 4.98 Å². The predicted molar refractivity (Wildman–Crippen MR) is 85.9 cm³/mol. The highest BCUT2D eigenvalue weighted by Gasteiger charge is 2.30. The number of aromatic nitrogens is 2. The van der Waals surface area contributed by atoms with Crippen molar-refractivity contribution in [1.29, 1.82) is 0 Å². The predicted octanol–water partition coefficient (Wildman–Crippen LogP) is 2.47. The zero-order valence-corrected chi connectivity index (χ0v) is 12.4. The molecule has 1 aliphatic heterocycles. The molecule has 1 unspecified atom stereocenters.